The predicted octanol–water partition coefficient (Wildman–Crippen LogP) is 7.36. The lowest BCUT2D eigenvalue weighted by molar-refractivity contribution is 0.776. The largest absolute Gasteiger partial charge is 0.0702 e. The van der Waals surface area contributed by atoms with Gasteiger partial charge in [0.2, 0.25) is 0 Å². The molecule has 0 spiro atoms. The molecule has 0 saturated heterocycles. The molecule has 2 aromatic carbocycles. The summed E-state index contributed by atoms with van der Waals surface area (Å²) in [5.41, 5.74) is 5.56. The standard InChI is InChI=1S/C20H26.C2H6/c1-13(2)15(5)9-19-12-18-8-7-17(14(3)4)11-20(18)10-16(19)6;1-2/h7-14H,1-6H3;1-2H3/b15-9+;. The molecule has 0 fully saturated rings. The zero-order valence-corrected chi connectivity index (χ0v) is 15.6. The predicted molar refractivity (Wildman–Crippen MR) is 103 cm³/mol. The molecule has 0 atom stereocenters. The zero-order chi connectivity index (χ0) is 16.9. The molecule has 0 radical (unpaired) electrons. The summed E-state index contributed by atoms with van der Waals surface area (Å²) in [7, 11) is 0. The molecular formula is C22H32. The molecular weight excluding hydrogens is 264 g/mol. The van der Waals surface area contributed by atoms with Crippen molar-refractivity contribution in [2.45, 2.75) is 61.3 Å². The van der Waals surface area contributed by atoms with Gasteiger partial charge < -0.3 is 0 Å². The highest BCUT2D eigenvalue weighted by Crippen LogP contribution is 2.26. The van der Waals surface area contributed by atoms with Gasteiger partial charge in [-0.1, -0.05) is 77.5 Å². The summed E-state index contributed by atoms with van der Waals surface area (Å²) in [4.78, 5) is 0. The second-order valence-corrected chi connectivity index (χ2v) is 6.51. The van der Waals surface area contributed by atoms with Gasteiger partial charge in [-0.2, -0.15) is 0 Å². The molecule has 0 aliphatic rings. The highest BCUT2D eigenvalue weighted by Gasteiger charge is 2.05. The van der Waals surface area contributed by atoms with Crippen LogP contribution in [0.25, 0.3) is 16.8 Å². The van der Waals surface area contributed by atoms with E-state index < -0.39 is 0 Å². The van der Waals surface area contributed by atoms with Gasteiger partial charge in [0.1, 0.15) is 0 Å². The average Bonchev–Trinajstić information content (AvgIpc) is 2.49. The van der Waals surface area contributed by atoms with Gasteiger partial charge in [0, 0.05) is 0 Å². The van der Waals surface area contributed by atoms with Crippen molar-refractivity contribution in [3.63, 3.8) is 0 Å². The van der Waals surface area contributed by atoms with E-state index in [0.717, 1.165) is 0 Å². The van der Waals surface area contributed by atoms with E-state index in [4.69, 9.17) is 0 Å². The average molecular weight is 296 g/mol. The lowest BCUT2D eigenvalue weighted by Crippen LogP contribution is -1.91. The molecule has 0 aromatic heterocycles. The van der Waals surface area contributed by atoms with Crippen molar-refractivity contribution in [3.05, 3.63) is 52.6 Å². The topological polar surface area (TPSA) is 0 Å². The Morgan fingerprint density at radius 1 is 0.909 bits per heavy atom. The number of allylic oxidation sites excluding steroid dienone is 1. The van der Waals surface area contributed by atoms with Crippen LogP contribution in [-0.4, -0.2) is 0 Å². The lowest BCUT2D eigenvalue weighted by Gasteiger charge is -2.11. The summed E-state index contributed by atoms with van der Waals surface area (Å²) in [5.74, 6) is 1.19. The van der Waals surface area contributed by atoms with E-state index >= 15 is 0 Å². The van der Waals surface area contributed by atoms with Crippen molar-refractivity contribution in [1.82, 2.24) is 0 Å². The number of aryl methyl sites for hydroxylation is 1. The lowest BCUT2D eigenvalue weighted by atomic mass is 9.94. The van der Waals surface area contributed by atoms with E-state index in [9.17, 15) is 0 Å². The van der Waals surface area contributed by atoms with E-state index in [2.05, 4.69) is 78.0 Å². The number of benzene rings is 2. The molecule has 0 nitrogen and oxygen atoms in total. The Bertz CT molecular complexity index is 642. The molecule has 0 N–H and O–H groups in total. The van der Waals surface area contributed by atoms with Crippen molar-refractivity contribution < 1.29 is 0 Å². The fourth-order valence-corrected chi connectivity index (χ4v) is 2.37. The maximum atomic E-state index is 2.33. The molecule has 0 unspecified atom stereocenters. The minimum Gasteiger partial charge on any atom is -0.0702 e. The first-order valence-electron chi connectivity index (χ1n) is 8.61. The molecule has 0 heteroatoms. The fraction of sp³-hybridized carbons (Fsp3) is 0.455. The van der Waals surface area contributed by atoms with Crippen LogP contribution in [0.3, 0.4) is 0 Å². The van der Waals surface area contributed by atoms with Crippen molar-refractivity contribution in [1.29, 1.82) is 0 Å². The van der Waals surface area contributed by atoms with Crippen LogP contribution in [0.15, 0.2) is 35.9 Å². The maximum absolute atomic E-state index is 2.33. The number of fused-ring (bicyclic) bond motifs is 1. The van der Waals surface area contributed by atoms with Gasteiger partial charge >= 0.3 is 0 Å². The summed E-state index contributed by atoms with van der Waals surface area (Å²) in [6.07, 6.45) is 2.33. The van der Waals surface area contributed by atoms with Crippen LogP contribution in [-0.2, 0) is 0 Å². The Morgan fingerprint density at radius 3 is 2.09 bits per heavy atom. The van der Waals surface area contributed by atoms with E-state index in [1.165, 1.54) is 33.0 Å². The van der Waals surface area contributed by atoms with Crippen LogP contribution in [0.2, 0.25) is 0 Å². The van der Waals surface area contributed by atoms with Gasteiger partial charge in [-0.25, -0.2) is 0 Å². The first kappa shape index (κ1) is 18.5. The van der Waals surface area contributed by atoms with Crippen molar-refractivity contribution in [3.8, 4) is 0 Å². The smallest absolute Gasteiger partial charge is 0.0178 e. The molecule has 120 valence electrons. The Hall–Kier alpha value is -1.56. The molecule has 0 aliphatic heterocycles. The van der Waals surface area contributed by atoms with Crippen molar-refractivity contribution in [2.75, 3.05) is 0 Å². The summed E-state index contributed by atoms with van der Waals surface area (Å²) >= 11 is 0. The molecule has 0 bridgehead atoms. The first-order valence-corrected chi connectivity index (χ1v) is 8.61. The van der Waals surface area contributed by atoms with Gasteiger partial charge in [-0.3, -0.25) is 0 Å². The second kappa shape index (κ2) is 8.17. The van der Waals surface area contributed by atoms with E-state index in [1.807, 2.05) is 13.8 Å². The summed E-state index contributed by atoms with van der Waals surface area (Å²) < 4.78 is 0. The maximum Gasteiger partial charge on any atom is -0.0178 e. The fourth-order valence-electron chi connectivity index (χ4n) is 2.37. The third kappa shape index (κ3) is 4.47. The SMILES string of the molecule is C/C(=C\c1cc2ccc(C(C)C)cc2cc1C)C(C)C.CC. The Kier molecular flexibility index (Phi) is 6.87. The molecule has 2 aromatic rings. The molecule has 0 aliphatic carbocycles. The molecule has 0 saturated carbocycles. The Morgan fingerprint density at radius 2 is 1.55 bits per heavy atom. The summed E-state index contributed by atoms with van der Waals surface area (Å²) in [6.45, 7) is 17.4. The van der Waals surface area contributed by atoms with E-state index in [1.54, 1.807) is 0 Å². The van der Waals surface area contributed by atoms with Crippen molar-refractivity contribution >= 4 is 16.8 Å². The minimum atomic E-state index is 0.586. The second-order valence-electron chi connectivity index (χ2n) is 6.51. The highest BCUT2D eigenvalue weighted by molar-refractivity contribution is 5.87. The van der Waals surface area contributed by atoms with Crippen LogP contribution >= 0.6 is 0 Å². The summed E-state index contributed by atoms with van der Waals surface area (Å²) in [5, 5.41) is 2.69. The Labute approximate surface area is 137 Å². The summed E-state index contributed by atoms with van der Waals surface area (Å²) in [6, 6.07) is 11.5. The van der Waals surface area contributed by atoms with Gasteiger partial charge in [-0.05, 0) is 59.2 Å². The molecule has 0 heterocycles. The van der Waals surface area contributed by atoms with Crippen LogP contribution in [0, 0.1) is 12.8 Å². The molecule has 0 amide bonds. The molecule has 22 heavy (non-hydrogen) atoms. The normalized spacial score (nSPS) is 11.8. The van der Waals surface area contributed by atoms with Gasteiger partial charge in [0.15, 0.2) is 0 Å². The third-order valence-electron chi connectivity index (χ3n) is 4.21. The monoisotopic (exact) mass is 296 g/mol. The zero-order valence-electron chi connectivity index (χ0n) is 15.6. The highest BCUT2D eigenvalue weighted by atomic mass is 14.1. The molecule has 2 rings (SSSR count). The minimum absolute atomic E-state index is 0.586. The number of rotatable bonds is 3. The number of hydrogen-bond donors (Lipinski definition) is 0. The number of hydrogen-bond acceptors (Lipinski definition) is 0. The van der Waals surface area contributed by atoms with Gasteiger partial charge in [-0.15, -0.1) is 0 Å². The quantitative estimate of drug-likeness (QED) is 0.555. The van der Waals surface area contributed by atoms with Gasteiger partial charge in [0.25, 0.3) is 0 Å². The first-order chi connectivity index (χ1) is 10.4. The van der Waals surface area contributed by atoms with Crippen molar-refractivity contribution in [2.24, 2.45) is 5.92 Å². The van der Waals surface area contributed by atoms with Crippen LogP contribution in [0.4, 0.5) is 0 Å². The van der Waals surface area contributed by atoms with Crippen LogP contribution in [0.5, 0.6) is 0 Å². The van der Waals surface area contributed by atoms with E-state index in [0.29, 0.717) is 11.8 Å². The van der Waals surface area contributed by atoms with Crippen LogP contribution < -0.4 is 0 Å². The van der Waals surface area contributed by atoms with Gasteiger partial charge in [0.05, 0.1) is 0 Å². The third-order valence-corrected chi connectivity index (χ3v) is 4.21. The van der Waals surface area contributed by atoms with E-state index in [-0.39, 0.29) is 0 Å². The Balaban J connectivity index is 0.00000116. The van der Waals surface area contributed by atoms with Crippen LogP contribution in [0.1, 0.15) is 71.1 Å².